The average Bonchev–Trinajstić information content (AvgIpc) is 2.59. The van der Waals surface area contributed by atoms with Gasteiger partial charge in [-0.3, -0.25) is 9.59 Å². The van der Waals surface area contributed by atoms with Gasteiger partial charge in [0.1, 0.15) is 0 Å². The Morgan fingerprint density at radius 2 is 1.76 bits per heavy atom. The normalized spacial score (nSPS) is 10.7. The number of benzene rings is 2. The van der Waals surface area contributed by atoms with Crippen LogP contribution >= 0.6 is 46.4 Å². The van der Waals surface area contributed by atoms with Crippen molar-refractivity contribution < 1.29 is 9.59 Å². The van der Waals surface area contributed by atoms with Crippen LogP contribution in [0.15, 0.2) is 41.5 Å². The summed E-state index contributed by atoms with van der Waals surface area (Å²) in [6.45, 7) is -0.264. The molecule has 0 saturated heterocycles. The molecule has 0 fully saturated rings. The van der Waals surface area contributed by atoms with Crippen LogP contribution in [0, 0.1) is 0 Å². The fourth-order valence-electron chi connectivity index (χ4n) is 1.73. The number of hydrogen-bond acceptors (Lipinski definition) is 3. The van der Waals surface area contributed by atoms with Crippen LogP contribution in [0.25, 0.3) is 0 Å². The third kappa shape index (κ3) is 5.61. The van der Waals surface area contributed by atoms with Gasteiger partial charge >= 0.3 is 0 Å². The predicted octanol–water partition coefficient (Wildman–Crippen LogP) is 4.18. The SMILES string of the molecule is O=C(CNC(=O)c1ccc(Cl)c(Cl)c1)N/N=C\c1cccc(Cl)c1Cl. The zero-order valence-corrected chi connectivity index (χ0v) is 15.5. The Hall–Kier alpha value is -1.79. The summed E-state index contributed by atoms with van der Waals surface area (Å²) in [5.41, 5.74) is 3.11. The first kappa shape index (κ1) is 19.5. The fraction of sp³-hybridized carbons (Fsp3) is 0.0625. The van der Waals surface area contributed by atoms with E-state index in [1.165, 1.54) is 24.4 Å². The summed E-state index contributed by atoms with van der Waals surface area (Å²) in [6.07, 6.45) is 1.35. The minimum atomic E-state index is -0.511. The van der Waals surface area contributed by atoms with Crippen molar-refractivity contribution in [1.82, 2.24) is 10.7 Å². The molecule has 2 amide bonds. The molecule has 0 bridgehead atoms. The lowest BCUT2D eigenvalue weighted by Crippen LogP contribution is -2.34. The molecule has 9 heteroatoms. The average molecular weight is 419 g/mol. The summed E-state index contributed by atoms with van der Waals surface area (Å²) in [7, 11) is 0. The van der Waals surface area contributed by atoms with Crippen molar-refractivity contribution in [1.29, 1.82) is 0 Å². The number of halogens is 4. The van der Waals surface area contributed by atoms with Gasteiger partial charge in [0.05, 0.1) is 32.8 Å². The molecule has 0 aromatic heterocycles. The van der Waals surface area contributed by atoms with E-state index >= 15 is 0 Å². The molecule has 2 N–H and O–H groups in total. The van der Waals surface area contributed by atoms with E-state index in [9.17, 15) is 9.59 Å². The molecular weight excluding hydrogens is 408 g/mol. The fourth-order valence-corrected chi connectivity index (χ4v) is 2.39. The zero-order chi connectivity index (χ0) is 18.4. The number of amides is 2. The second kappa shape index (κ2) is 9.06. The van der Waals surface area contributed by atoms with Crippen LogP contribution in [-0.4, -0.2) is 24.6 Å². The van der Waals surface area contributed by atoms with Gasteiger partial charge in [0.25, 0.3) is 11.8 Å². The second-order valence-electron chi connectivity index (χ2n) is 4.75. The Morgan fingerprint density at radius 3 is 2.48 bits per heavy atom. The third-order valence-corrected chi connectivity index (χ3v) is 4.54. The standard InChI is InChI=1S/C16H11Cl4N3O2/c17-11-5-4-9(6-13(11)19)16(25)21-8-14(24)23-22-7-10-2-1-3-12(18)15(10)20/h1-7H,8H2,(H,21,25)(H,23,24)/b22-7-. The van der Waals surface area contributed by atoms with Gasteiger partial charge in [0.2, 0.25) is 0 Å². The number of nitrogens with zero attached hydrogens (tertiary/aromatic N) is 1. The Labute approximate surface area is 163 Å². The second-order valence-corrected chi connectivity index (χ2v) is 6.35. The van der Waals surface area contributed by atoms with Gasteiger partial charge in [-0.25, -0.2) is 5.43 Å². The van der Waals surface area contributed by atoms with Crippen LogP contribution in [-0.2, 0) is 4.79 Å². The first-order chi connectivity index (χ1) is 11.9. The maximum atomic E-state index is 11.9. The zero-order valence-electron chi connectivity index (χ0n) is 12.5. The van der Waals surface area contributed by atoms with Gasteiger partial charge in [-0.1, -0.05) is 58.5 Å². The summed E-state index contributed by atoms with van der Waals surface area (Å²) in [5.74, 6) is -0.974. The molecule has 0 heterocycles. The van der Waals surface area contributed by atoms with Crippen molar-refractivity contribution in [2.45, 2.75) is 0 Å². The molecule has 2 rings (SSSR count). The van der Waals surface area contributed by atoms with Crippen LogP contribution in [0.2, 0.25) is 20.1 Å². The van der Waals surface area contributed by atoms with Crippen molar-refractivity contribution in [3.63, 3.8) is 0 Å². The largest absolute Gasteiger partial charge is 0.343 e. The summed E-state index contributed by atoms with van der Waals surface area (Å²) in [6, 6.07) is 9.44. The van der Waals surface area contributed by atoms with E-state index in [0.717, 1.165) is 0 Å². The van der Waals surface area contributed by atoms with Crippen LogP contribution in [0.3, 0.4) is 0 Å². The molecule has 0 spiro atoms. The highest BCUT2D eigenvalue weighted by Crippen LogP contribution is 2.24. The maximum absolute atomic E-state index is 11.9. The molecule has 25 heavy (non-hydrogen) atoms. The molecule has 0 saturated carbocycles. The Bertz CT molecular complexity index is 840. The Kier molecular flexibility index (Phi) is 7.08. The highest BCUT2D eigenvalue weighted by molar-refractivity contribution is 6.43. The van der Waals surface area contributed by atoms with Gasteiger partial charge in [0, 0.05) is 11.1 Å². The lowest BCUT2D eigenvalue weighted by molar-refractivity contribution is -0.120. The van der Waals surface area contributed by atoms with Crippen LogP contribution in [0.1, 0.15) is 15.9 Å². The van der Waals surface area contributed by atoms with Crippen molar-refractivity contribution >= 4 is 64.4 Å². The number of hydrazone groups is 1. The lowest BCUT2D eigenvalue weighted by atomic mass is 10.2. The van der Waals surface area contributed by atoms with Crippen molar-refractivity contribution in [2.75, 3.05) is 6.54 Å². The van der Waals surface area contributed by atoms with E-state index < -0.39 is 11.8 Å². The van der Waals surface area contributed by atoms with Crippen molar-refractivity contribution in [3.05, 3.63) is 67.6 Å². The van der Waals surface area contributed by atoms with Gasteiger partial charge in [-0.2, -0.15) is 5.10 Å². The topological polar surface area (TPSA) is 70.6 Å². The Morgan fingerprint density at radius 1 is 1.00 bits per heavy atom. The van der Waals surface area contributed by atoms with Gasteiger partial charge in [-0.05, 0) is 24.3 Å². The summed E-state index contributed by atoms with van der Waals surface area (Å²) in [4.78, 5) is 23.6. The number of nitrogens with one attached hydrogen (secondary N) is 2. The molecule has 130 valence electrons. The van der Waals surface area contributed by atoms with E-state index in [4.69, 9.17) is 46.4 Å². The molecular formula is C16H11Cl4N3O2. The van der Waals surface area contributed by atoms with Crippen LogP contribution < -0.4 is 10.7 Å². The summed E-state index contributed by atoms with van der Waals surface area (Å²) >= 11 is 23.5. The first-order valence-corrected chi connectivity index (χ1v) is 8.39. The molecule has 2 aromatic carbocycles. The molecule has 0 aliphatic heterocycles. The van der Waals surface area contributed by atoms with Crippen molar-refractivity contribution in [3.8, 4) is 0 Å². The smallest absolute Gasteiger partial charge is 0.259 e. The molecule has 0 aliphatic carbocycles. The van der Waals surface area contributed by atoms with Crippen LogP contribution in [0.5, 0.6) is 0 Å². The molecule has 2 aromatic rings. The lowest BCUT2D eigenvalue weighted by Gasteiger charge is -2.05. The monoisotopic (exact) mass is 417 g/mol. The first-order valence-electron chi connectivity index (χ1n) is 6.87. The van der Waals surface area contributed by atoms with E-state index in [2.05, 4.69) is 15.8 Å². The highest BCUT2D eigenvalue weighted by Gasteiger charge is 2.09. The van der Waals surface area contributed by atoms with E-state index in [1.807, 2.05) is 0 Å². The molecule has 0 atom stereocenters. The number of carbonyl (C=O) groups is 2. The molecule has 0 radical (unpaired) electrons. The van der Waals surface area contributed by atoms with Gasteiger partial charge in [0.15, 0.2) is 0 Å². The van der Waals surface area contributed by atoms with Crippen molar-refractivity contribution in [2.24, 2.45) is 5.10 Å². The maximum Gasteiger partial charge on any atom is 0.259 e. The number of hydrogen-bond donors (Lipinski definition) is 2. The summed E-state index contributed by atoms with van der Waals surface area (Å²) in [5, 5.41) is 7.50. The number of carbonyl (C=O) groups excluding carboxylic acids is 2. The minimum absolute atomic E-state index is 0.252. The molecule has 5 nitrogen and oxygen atoms in total. The minimum Gasteiger partial charge on any atom is -0.343 e. The summed E-state index contributed by atoms with van der Waals surface area (Å²) < 4.78 is 0. The predicted molar refractivity (Wildman–Crippen MR) is 101 cm³/mol. The molecule has 0 aliphatic rings. The number of rotatable bonds is 5. The highest BCUT2D eigenvalue weighted by atomic mass is 35.5. The quantitative estimate of drug-likeness (QED) is 0.564. The third-order valence-electron chi connectivity index (χ3n) is 2.97. The van der Waals surface area contributed by atoms with E-state index in [1.54, 1.807) is 18.2 Å². The Balaban J connectivity index is 1.86. The van der Waals surface area contributed by atoms with Gasteiger partial charge in [-0.15, -0.1) is 0 Å². The van der Waals surface area contributed by atoms with Gasteiger partial charge < -0.3 is 5.32 Å². The molecule has 0 unspecified atom stereocenters. The van der Waals surface area contributed by atoms with Crippen LogP contribution in [0.4, 0.5) is 0 Å². The van der Waals surface area contributed by atoms with E-state index in [0.29, 0.717) is 20.6 Å². The van der Waals surface area contributed by atoms with E-state index in [-0.39, 0.29) is 17.1 Å².